The minimum atomic E-state index is -0.882. The smallest absolute Gasteiger partial charge is 0.299 e. The van der Waals surface area contributed by atoms with E-state index in [-0.39, 0.29) is 12.1 Å². The number of nitro groups is 2. The number of nitrogens with one attached hydrogen (secondary N) is 1. The molecule has 1 aromatic carbocycles. The summed E-state index contributed by atoms with van der Waals surface area (Å²) in [4.78, 5) is 31.4. The molecule has 0 aromatic heterocycles. The third-order valence-electron chi connectivity index (χ3n) is 2.20. The van der Waals surface area contributed by atoms with E-state index in [9.17, 15) is 25.0 Å². The zero-order valence-electron chi connectivity index (χ0n) is 9.66. The van der Waals surface area contributed by atoms with Gasteiger partial charge in [0.25, 0.3) is 17.3 Å². The van der Waals surface area contributed by atoms with Crippen molar-refractivity contribution in [2.75, 3.05) is 12.3 Å². The predicted octanol–water partition coefficient (Wildman–Crippen LogP) is 1.00. The summed E-state index contributed by atoms with van der Waals surface area (Å²) in [7, 11) is 0. The zero-order chi connectivity index (χ0) is 14.6. The second kappa shape index (κ2) is 5.58. The summed E-state index contributed by atoms with van der Waals surface area (Å²) in [5.41, 5.74) is 3.48. The molecule has 19 heavy (non-hydrogen) atoms. The molecule has 1 rings (SSSR count). The summed E-state index contributed by atoms with van der Waals surface area (Å²) in [6.07, 6.45) is 1.39. The van der Waals surface area contributed by atoms with Gasteiger partial charge in [-0.3, -0.25) is 25.0 Å². The van der Waals surface area contributed by atoms with E-state index in [1.54, 1.807) is 0 Å². The third kappa shape index (κ3) is 3.03. The first-order valence-electron chi connectivity index (χ1n) is 5.00. The molecule has 0 saturated heterocycles. The van der Waals surface area contributed by atoms with Crippen LogP contribution in [0, 0.1) is 20.2 Å². The van der Waals surface area contributed by atoms with Crippen LogP contribution in [-0.2, 0) is 0 Å². The molecule has 0 fully saturated rings. The van der Waals surface area contributed by atoms with Crippen LogP contribution in [0.15, 0.2) is 24.8 Å². The van der Waals surface area contributed by atoms with E-state index in [1.165, 1.54) is 6.08 Å². The maximum absolute atomic E-state index is 11.7. The SMILES string of the molecule is C=CCNC(=O)c1cc([N+](=O)[O-])cc([N+](=O)[O-])c1N. The number of hydrogen-bond acceptors (Lipinski definition) is 6. The van der Waals surface area contributed by atoms with Gasteiger partial charge < -0.3 is 11.1 Å². The van der Waals surface area contributed by atoms with Crippen molar-refractivity contribution in [1.29, 1.82) is 0 Å². The van der Waals surface area contributed by atoms with Gasteiger partial charge in [-0.05, 0) is 0 Å². The number of nitrogens with two attached hydrogens (primary N) is 1. The van der Waals surface area contributed by atoms with Gasteiger partial charge in [-0.1, -0.05) is 6.08 Å². The van der Waals surface area contributed by atoms with Gasteiger partial charge in [-0.2, -0.15) is 0 Å². The topological polar surface area (TPSA) is 141 Å². The summed E-state index contributed by atoms with van der Waals surface area (Å²) in [5.74, 6) is -0.746. The first kappa shape index (κ1) is 14.1. The number of carbonyl (C=O) groups excluding carboxylic acids is 1. The molecule has 0 atom stereocenters. The fourth-order valence-electron chi connectivity index (χ4n) is 1.33. The number of amides is 1. The molecular weight excluding hydrogens is 256 g/mol. The standard InChI is InChI=1S/C10H10N4O5/c1-2-3-12-10(15)7-4-6(13(16)17)5-8(9(7)11)14(18)19/h2,4-5H,1,3,11H2,(H,12,15). The van der Waals surface area contributed by atoms with Crippen LogP contribution in [0.3, 0.4) is 0 Å². The molecule has 0 heterocycles. The number of non-ortho nitro benzene ring substituents is 1. The summed E-state index contributed by atoms with van der Waals surface area (Å²) in [5, 5.41) is 23.8. The van der Waals surface area contributed by atoms with Crippen LogP contribution in [-0.4, -0.2) is 22.3 Å². The highest BCUT2D eigenvalue weighted by molar-refractivity contribution is 6.01. The molecule has 0 aliphatic carbocycles. The molecule has 0 spiro atoms. The van der Waals surface area contributed by atoms with Crippen molar-refractivity contribution in [3.63, 3.8) is 0 Å². The predicted molar refractivity (Wildman–Crippen MR) is 66.7 cm³/mol. The Kier molecular flexibility index (Phi) is 4.14. The number of nitrogens with zero attached hydrogens (tertiary/aromatic N) is 2. The molecule has 9 nitrogen and oxygen atoms in total. The maximum Gasteiger partial charge on any atom is 0.299 e. The molecule has 0 aliphatic rings. The summed E-state index contributed by atoms with van der Waals surface area (Å²) < 4.78 is 0. The molecule has 0 radical (unpaired) electrons. The van der Waals surface area contributed by atoms with E-state index in [0.717, 1.165) is 6.07 Å². The first-order chi connectivity index (χ1) is 8.88. The van der Waals surface area contributed by atoms with Gasteiger partial charge in [0.15, 0.2) is 0 Å². The number of nitro benzene ring substituents is 2. The molecule has 1 aromatic rings. The average Bonchev–Trinajstić information content (AvgIpc) is 2.35. The third-order valence-corrected chi connectivity index (χ3v) is 2.20. The lowest BCUT2D eigenvalue weighted by Gasteiger charge is -2.06. The molecule has 0 aliphatic heterocycles. The second-order valence-electron chi connectivity index (χ2n) is 3.44. The van der Waals surface area contributed by atoms with Gasteiger partial charge in [0.2, 0.25) is 0 Å². The zero-order valence-corrected chi connectivity index (χ0v) is 9.66. The van der Waals surface area contributed by atoms with Crippen molar-refractivity contribution in [2.45, 2.75) is 0 Å². The van der Waals surface area contributed by atoms with Crippen molar-refractivity contribution in [2.24, 2.45) is 0 Å². The largest absolute Gasteiger partial charge is 0.392 e. The van der Waals surface area contributed by atoms with Gasteiger partial charge in [0, 0.05) is 12.6 Å². The van der Waals surface area contributed by atoms with Crippen molar-refractivity contribution < 1.29 is 14.6 Å². The van der Waals surface area contributed by atoms with E-state index in [0.29, 0.717) is 6.07 Å². The van der Waals surface area contributed by atoms with Crippen molar-refractivity contribution in [3.05, 3.63) is 50.6 Å². The molecule has 0 bridgehead atoms. The van der Waals surface area contributed by atoms with Gasteiger partial charge in [0.05, 0.1) is 21.5 Å². The fourth-order valence-corrected chi connectivity index (χ4v) is 1.33. The van der Waals surface area contributed by atoms with Crippen LogP contribution in [0.25, 0.3) is 0 Å². The number of anilines is 1. The van der Waals surface area contributed by atoms with Gasteiger partial charge >= 0.3 is 0 Å². The molecule has 9 heteroatoms. The quantitative estimate of drug-likeness (QED) is 0.352. The van der Waals surface area contributed by atoms with Crippen molar-refractivity contribution >= 4 is 23.0 Å². The van der Waals surface area contributed by atoms with Crippen LogP contribution >= 0.6 is 0 Å². The number of carbonyl (C=O) groups is 1. The van der Waals surface area contributed by atoms with E-state index < -0.39 is 32.8 Å². The van der Waals surface area contributed by atoms with Crippen LogP contribution in [0.1, 0.15) is 10.4 Å². The Labute approximate surface area is 107 Å². The lowest BCUT2D eigenvalue weighted by atomic mass is 10.1. The maximum atomic E-state index is 11.7. The first-order valence-corrected chi connectivity index (χ1v) is 5.00. The van der Waals surface area contributed by atoms with Crippen LogP contribution in [0.5, 0.6) is 0 Å². The Balaban J connectivity index is 3.36. The van der Waals surface area contributed by atoms with Gasteiger partial charge in [-0.25, -0.2) is 0 Å². The molecule has 1 amide bonds. The van der Waals surface area contributed by atoms with Crippen molar-refractivity contribution in [1.82, 2.24) is 5.32 Å². The molecule has 3 N–H and O–H groups in total. The van der Waals surface area contributed by atoms with E-state index in [1.807, 2.05) is 0 Å². The number of benzene rings is 1. The molecular formula is C10H10N4O5. The number of nitrogen functional groups attached to an aromatic ring is 1. The Hall–Kier alpha value is -2.97. The van der Waals surface area contributed by atoms with Gasteiger partial charge in [-0.15, -0.1) is 6.58 Å². The number of rotatable bonds is 5. The van der Waals surface area contributed by atoms with Crippen LogP contribution < -0.4 is 11.1 Å². The number of hydrogen-bond donors (Lipinski definition) is 2. The Morgan fingerprint density at radius 1 is 1.37 bits per heavy atom. The van der Waals surface area contributed by atoms with Crippen LogP contribution in [0.2, 0.25) is 0 Å². The lowest BCUT2D eigenvalue weighted by Crippen LogP contribution is -2.24. The van der Waals surface area contributed by atoms with Gasteiger partial charge in [0.1, 0.15) is 5.69 Å². The average molecular weight is 266 g/mol. The summed E-state index contributed by atoms with van der Waals surface area (Å²) in [6, 6.07) is 1.60. The van der Waals surface area contributed by atoms with Crippen molar-refractivity contribution in [3.8, 4) is 0 Å². The molecule has 0 saturated carbocycles. The Morgan fingerprint density at radius 2 is 2.00 bits per heavy atom. The Morgan fingerprint density at radius 3 is 2.47 bits per heavy atom. The molecule has 100 valence electrons. The Bertz CT molecular complexity index is 569. The van der Waals surface area contributed by atoms with Crippen LogP contribution in [0.4, 0.5) is 17.1 Å². The highest BCUT2D eigenvalue weighted by Gasteiger charge is 2.25. The highest BCUT2D eigenvalue weighted by Crippen LogP contribution is 2.30. The second-order valence-corrected chi connectivity index (χ2v) is 3.44. The lowest BCUT2D eigenvalue weighted by molar-refractivity contribution is -0.393. The fraction of sp³-hybridized carbons (Fsp3) is 0.100. The van der Waals surface area contributed by atoms with E-state index >= 15 is 0 Å². The monoisotopic (exact) mass is 266 g/mol. The van der Waals surface area contributed by atoms with E-state index in [2.05, 4.69) is 11.9 Å². The summed E-state index contributed by atoms with van der Waals surface area (Å²) in [6.45, 7) is 3.48. The normalized spacial score (nSPS) is 9.68. The summed E-state index contributed by atoms with van der Waals surface area (Å²) >= 11 is 0. The van der Waals surface area contributed by atoms with E-state index in [4.69, 9.17) is 5.73 Å². The minimum absolute atomic E-state index is 0.106. The molecule has 0 unspecified atom stereocenters. The minimum Gasteiger partial charge on any atom is -0.392 e. The highest BCUT2D eigenvalue weighted by atomic mass is 16.6.